The summed E-state index contributed by atoms with van der Waals surface area (Å²) in [6.45, 7) is 0. The average molecular weight is 690 g/mol. The molecule has 0 radical (unpaired) electrons. The number of hydrogen-bond donors (Lipinski definition) is 0. The highest BCUT2D eigenvalue weighted by Gasteiger charge is 2.54. The number of hydrogen-bond acceptors (Lipinski definition) is 3. The largest absolute Gasteiger partial charge is 0.208 e. The zero-order valence-corrected chi connectivity index (χ0v) is 29.7. The zero-order valence-electron chi connectivity index (χ0n) is 28.7. The van der Waals surface area contributed by atoms with Crippen LogP contribution >= 0.6 is 0 Å². The van der Waals surface area contributed by atoms with Crippen molar-refractivity contribution in [1.82, 2.24) is 15.0 Å². The summed E-state index contributed by atoms with van der Waals surface area (Å²) in [6, 6.07) is 67.9. The van der Waals surface area contributed by atoms with E-state index in [-0.39, 0.29) is 0 Å². The molecule has 2 aliphatic heterocycles. The molecule has 0 bridgehead atoms. The number of aromatic nitrogens is 3. The first-order chi connectivity index (χ1) is 26.3. The molecule has 0 unspecified atom stereocenters. The molecule has 1 aromatic heterocycles. The van der Waals surface area contributed by atoms with Crippen molar-refractivity contribution in [2.45, 2.75) is 0 Å². The Balaban J connectivity index is 1.11. The second-order valence-corrected chi connectivity index (χ2v) is 17.6. The van der Waals surface area contributed by atoms with Gasteiger partial charge in [0, 0.05) is 16.7 Å². The Morgan fingerprint density at radius 3 is 1.45 bits per heavy atom. The van der Waals surface area contributed by atoms with Crippen molar-refractivity contribution in [3.8, 4) is 67.5 Å². The van der Waals surface area contributed by atoms with E-state index in [9.17, 15) is 0 Å². The molecule has 0 N–H and O–H groups in total. The third-order valence-electron chi connectivity index (χ3n) is 11.2. The Morgan fingerprint density at radius 2 is 0.755 bits per heavy atom. The number of fused-ring (bicyclic) bond motifs is 11. The highest BCUT2D eigenvalue weighted by atomic mass is 28.3. The molecule has 53 heavy (non-hydrogen) atoms. The van der Waals surface area contributed by atoms with Gasteiger partial charge in [0.1, 0.15) is 0 Å². The first-order valence-electron chi connectivity index (χ1n) is 18.1. The van der Waals surface area contributed by atoms with Gasteiger partial charge in [0.15, 0.2) is 25.5 Å². The van der Waals surface area contributed by atoms with E-state index in [1.807, 2.05) is 18.2 Å². The Hall–Kier alpha value is -6.75. The first-order valence-corrected chi connectivity index (χ1v) is 20.1. The lowest BCUT2D eigenvalue weighted by atomic mass is 9.99. The molecule has 3 nitrogen and oxygen atoms in total. The van der Waals surface area contributed by atoms with Gasteiger partial charge in [-0.15, -0.1) is 0 Å². The minimum absolute atomic E-state index is 0.659. The molecular formula is C49H31N3Si. The summed E-state index contributed by atoms with van der Waals surface area (Å²) in [4.78, 5) is 15.6. The van der Waals surface area contributed by atoms with Crippen molar-refractivity contribution in [3.63, 3.8) is 0 Å². The fraction of sp³-hybridized carbons (Fsp3) is 0. The second kappa shape index (κ2) is 11.6. The van der Waals surface area contributed by atoms with E-state index in [4.69, 9.17) is 15.0 Å². The molecule has 0 atom stereocenters. The maximum Gasteiger partial charge on any atom is 0.182 e. The molecule has 0 fully saturated rings. The van der Waals surface area contributed by atoms with Crippen LogP contribution in [0.15, 0.2) is 188 Å². The lowest BCUT2D eigenvalue weighted by molar-refractivity contribution is 1.07. The van der Waals surface area contributed by atoms with Crippen LogP contribution in [0.25, 0.3) is 78.3 Å². The molecule has 0 amide bonds. The number of benzene rings is 8. The van der Waals surface area contributed by atoms with Gasteiger partial charge in [-0.25, -0.2) is 15.0 Å². The van der Waals surface area contributed by atoms with E-state index < -0.39 is 8.07 Å². The smallest absolute Gasteiger partial charge is 0.182 e. The van der Waals surface area contributed by atoms with Gasteiger partial charge in [-0.05, 0) is 71.0 Å². The van der Waals surface area contributed by atoms with Gasteiger partial charge >= 0.3 is 0 Å². The van der Waals surface area contributed by atoms with Crippen LogP contribution in [0.1, 0.15) is 0 Å². The van der Waals surface area contributed by atoms with E-state index in [2.05, 4.69) is 170 Å². The van der Waals surface area contributed by atoms with E-state index in [1.165, 1.54) is 59.3 Å². The Morgan fingerprint density at radius 1 is 0.283 bits per heavy atom. The quantitative estimate of drug-likeness (QED) is 0.173. The maximum atomic E-state index is 5.29. The molecule has 0 saturated carbocycles. The van der Waals surface area contributed by atoms with Gasteiger partial charge in [-0.2, -0.15) is 0 Å². The summed E-state index contributed by atoms with van der Waals surface area (Å²) in [6.07, 6.45) is 0. The third-order valence-corrected chi connectivity index (χ3v) is 16.1. The molecule has 11 rings (SSSR count). The minimum Gasteiger partial charge on any atom is -0.208 e. The molecule has 1 spiro atoms. The maximum absolute atomic E-state index is 5.29. The number of nitrogens with zero attached hydrogens (tertiary/aromatic N) is 3. The molecule has 4 heteroatoms. The van der Waals surface area contributed by atoms with Crippen LogP contribution in [-0.4, -0.2) is 23.0 Å². The molecule has 3 heterocycles. The van der Waals surface area contributed by atoms with Crippen molar-refractivity contribution in [3.05, 3.63) is 188 Å². The minimum atomic E-state index is -2.60. The van der Waals surface area contributed by atoms with E-state index in [0.29, 0.717) is 17.5 Å². The predicted octanol–water partition coefficient (Wildman–Crippen LogP) is 9.03. The monoisotopic (exact) mass is 689 g/mol. The standard InChI is InChI=1S/C49H31N3Si/c1-2-14-34(15-3-1)47-50-48(35-28-25-33(26-29-35)37-30-27-32-13-4-5-16-36(32)31-37)52-49(51-47)41-20-12-24-45-46(41)40-19-8-11-23-44(40)53(45)42-21-9-6-17-38(42)39-18-7-10-22-43(39)53/h1-31H. The van der Waals surface area contributed by atoms with Crippen molar-refractivity contribution >= 4 is 39.6 Å². The Bertz CT molecular complexity index is 2850. The van der Waals surface area contributed by atoms with Gasteiger partial charge in [0.2, 0.25) is 0 Å². The number of rotatable bonds is 4. The summed E-state index contributed by atoms with van der Waals surface area (Å²) in [5.74, 6) is 2.01. The Kier molecular flexibility index (Phi) is 6.57. The summed E-state index contributed by atoms with van der Waals surface area (Å²) in [5, 5.41) is 8.21. The van der Waals surface area contributed by atoms with Crippen LogP contribution in [0.2, 0.25) is 0 Å². The molecular weight excluding hydrogens is 659 g/mol. The molecule has 246 valence electrons. The topological polar surface area (TPSA) is 38.7 Å². The van der Waals surface area contributed by atoms with E-state index >= 15 is 0 Å². The van der Waals surface area contributed by atoms with Gasteiger partial charge in [-0.1, -0.05) is 182 Å². The predicted molar refractivity (Wildman–Crippen MR) is 221 cm³/mol. The van der Waals surface area contributed by atoms with Crippen LogP contribution in [0.5, 0.6) is 0 Å². The van der Waals surface area contributed by atoms with E-state index in [0.717, 1.165) is 22.3 Å². The van der Waals surface area contributed by atoms with Crippen LogP contribution in [-0.2, 0) is 0 Å². The molecule has 2 aliphatic rings. The van der Waals surface area contributed by atoms with Gasteiger partial charge in [-0.3, -0.25) is 0 Å². The summed E-state index contributed by atoms with van der Waals surface area (Å²) >= 11 is 0. The average Bonchev–Trinajstić information content (AvgIpc) is 3.71. The Labute approximate surface area is 309 Å². The van der Waals surface area contributed by atoms with Crippen molar-refractivity contribution in [2.75, 3.05) is 0 Å². The SMILES string of the molecule is c1ccc(-c2nc(-c3ccc(-c4ccc5ccccc5c4)cc3)nc(-c3cccc4c3-c3ccccc3[Si]43c4ccccc4-c4ccccc43)n2)cc1. The first kappa shape index (κ1) is 29.9. The molecule has 0 aliphatic carbocycles. The highest BCUT2D eigenvalue weighted by Crippen LogP contribution is 2.40. The fourth-order valence-electron chi connectivity index (χ4n) is 8.85. The lowest BCUT2D eigenvalue weighted by Crippen LogP contribution is -2.70. The van der Waals surface area contributed by atoms with Crippen molar-refractivity contribution in [2.24, 2.45) is 0 Å². The highest BCUT2D eigenvalue weighted by molar-refractivity contribution is 7.24. The van der Waals surface area contributed by atoms with E-state index in [1.54, 1.807) is 0 Å². The van der Waals surface area contributed by atoms with Gasteiger partial charge < -0.3 is 0 Å². The van der Waals surface area contributed by atoms with Crippen molar-refractivity contribution in [1.29, 1.82) is 0 Å². The van der Waals surface area contributed by atoms with Crippen molar-refractivity contribution < 1.29 is 0 Å². The third kappa shape index (κ3) is 4.43. The second-order valence-electron chi connectivity index (χ2n) is 13.9. The summed E-state index contributed by atoms with van der Waals surface area (Å²) in [7, 11) is -2.60. The molecule has 0 saturated heterocycles. The van der Waals surface area contributed by atoms with Gasteiger partial charge in [0.25, 0.3) is 0 Å². The normalized spacial score (nSPS) is 13.1. The lowest BCUT2D eigenvalue weighted by Gasteiger charge is -2.27. The van der Waals surface area contributed by atoms with Crippen LogP contribution in [0, 0.1) is 0 Å². The van der Waals surface area contributed by atoms with Crippen LogP contribution in [0.3, 0.4) is 0 Å². The van der Waals surface area contributed by atoms with Gasteiger partial charge in [0.05, 0.1) is 0 Å². The fourth-order valence-corrected chi connectivity index (χ4v) is 14.5. The summed E-state index contributed by atoms with van der Waals surface area (Å²) in [5.41, 5.74) is 10.5. The zero-order chi connectivity index (χ0) is 34.9. The molecule has 8 aromatic carbocycles. The van der Waals surface area contributed by atoms with Crippen LogP contribution < -0.4 is 20.7 Å². The summed E-state index contributed by atoms with van der Waals surface area (Å²) < 4.78 is 0. The van der Waals surface area contributed by atoms with Crippen LogP contribution in [0.4, 0.5) is 0 Å². The molecule has 9 aromatic rings.